The van der Waals surface area contributed by atoms with Crippen LogP contribution in [0.4, 0.5) is 0 Å². The molecule has 0 saturated heterocycles. The van der Waals surface area contributed by atoms with Gasteiger partial charge in [0.15, 0.2) is 0 Å². The second kappa shape index (κ2) is 8.33. The van der Waals surface area contributed by atoms with Crippen molar-refractivity contribution in [3.05, 3.63) is 32.4 Å². The van der Waals surface area contributed by atoms with Crippen molar-refractivity contribution in [1.29, 1.82) is 0 Å². The predicted molar refractivity (Wildman–Crippen MR) is 84.5 cm³/mol. The number of rotatable bonds is 7. The zero-order chi connectivity index (χ0) is 12.7. The molecule has 1 aromatic rings. The summed E-state index contributed by atoms with van der Waals surface area (Å²) in [6, 6.07) is 6.26. The Balaban J connectivity index is 2.36. The summed E-state index contributed by atoms with van der Waals surface area (Å²) in [5.74, 6) is 0. The van der Waals surface area contributed by atoms with Gasteiger partial charge in [0.1, 0.15) is 0 Å². The molecule has 0 aliphatic heterocycles. The highest BCUT2D eigenvalue weighted by atomic mass is 127. The molecule has 1 atom stereocenters. The summed E-state index contributed by atoms with van der Waals surface area (Å²) in [5.41, 5.74) is 7.33. The van der Waals surface area contributed by atoms with E-state index in [1.165, 1.54) is 32.1 Å². The molecule has 0 spiro atoms. The topological polar surface area (TPSA) is 26.0 Å². The number of nitrogens with two attached hydrogens (primary N) is 1. The Morgan fingerprint density at radius 1 is 1.24 bits per heavy atom. The lowest BCUT2D eigenvalue weighted by Gasteiger charge is -2.12. The average molecular weight is 366 g/mol. The number of hydrogen-bond donors (Lipinski definition) is 1. The summed E-state index contributed by atoms with van der Waals surface area (Å²) < 4.78 is 1.09. The summed E-state index contributed by atoms with van der Waals surface area (Å²) in [4.78, 5) is 0. The third-order valence-corrected chi connectivity index (χ3v) is 4.56. The van der Waals surface area contributed by atoms with E-state index in [1.54, 1.807) is 0 Å². The fourth-order valence-electron chi connectivity index (χ4n) is 1.88. The zero-order valence-corrected chi connectivity index (χ0v) is 13.3. The highest BCUT2D eigenvalue weighted by molar-refractivity contribution is 14.1. The van der Waals surface area contributed by atoms with Crippen LogP contribution >= 0.6 is 34.2 Å². The van der Waals surface area contributed by atoms with Crippen molar-refractivity contribution in [2.24, 2.45) is 5.73 Å². The minimum atomic E-state index is 0.131. The third-order valence-electron chi connectivity index (χ3n) is 2.99. The SMILES string of the molecule is CCCCCCCC(N)c1ccc(I)c(Cl)c1. The molecule has 0 amide bonds. The molecule has 0 aromatic heterocycles. The summed E-state index contributed by atoms with van der Waals surface area (Å²) in [5, 5.41) is 0.810. The van der Waals surface area contributed by atoms with E-state index < -0.39 is 0 Å². The zero-order valence-electron chi connectivity index (χ0n) is 10.4. The van der Waals surface area contributed by atoms with Gasteiger partial charge in [-0.2, -0.15) is 0 Å². The molecule has 0 fully saturated rings. The van der Waals surface area contributed by atoms with Crippen LogP contribution in [0.15, 0.2) is 18.2 Å². The quantitative estimate of drug-likeness (QED) is 0.514. The summed E-state index contributed by atoms with van der Waals surface area (Å²) in [7, 11) is 0. The molecule has 2 N–H and O–H groups in total. The minimum Gasteiger partial charge on any atom is -0.324 e. The van der Waals surface area contributed by atoms with Crippen LogP contribution in [0, 0.1) is 3.57 Å². The number of unbranched alkanes of at least 4 members (excludes halogenated alkanes) is 4. The molecule has 1 aromatic carbocycles. The van der Waals surface area contributed by atoms with Gasteiger partial charge in [-0.25, -0.2) is 0 Å². The molecule has 96 valence electrons. The van der Waals surface area contributed by atoms with Gasteiger partial charge in [0.25, 0.3) is 0 Å². The van der Waals surface area contributed by atoms with Gasteiger partial charge in [-0.3, -0.25) is 0 Å². The second-order valence-electron chi connectivity index (χ2n) is 4.48. The van der Waals surface area contributed by atoms with E-state index in [4.69, 9.17) is 17.3 Å². The smallest absolute Gasteiger partial charge is 0.0542 e. The standard InChI is InChI=1S/C14H21ClIN/c1-2-3-4-5-6-7-14(17)11-8-9-13(16)12(15)10-11/h8-10,14H,2-7,17H2,1H3. The van der Waals surface area contributed by atoms with Crippen molar-refractivity contribution in [2.75, 3.05) is 0 Å². The van der Waals surface area contributed by atoms with Gasteiger partial charge in [-0.1, -0.05) is 56.7 Å². The van der Waals surface area contributed by atoms with E-state index in [2.05, 4.69) is 35.6 Å². The van der Waals surface area contributed by atoms with Gasteiger partial charge < -0.3 is 5.73 Å². The minimum absolute atomic E-state index is 0.131. The third kappa shape index (κ3) is 5.58. The molecular formula is C14H21ClIN. The Morgan fingerprint density at radius 2 is 1.94 bits per heavy atom. The largest absolute Gasteiger partial charge is 0.324 e. The van der Waals surface area contributed by atoms with Crippen LogP contribution in [0.2, 0.25) is 5.02 Å². The van der Waals surface area contributed by atoms with E-state index in [-0.39, 0.29) is 6.04 Å². The van der Waals surface area contributed by atoms with Crippen molar-refractivity contribution in [3.63, 3.8) is 0 Å². The van der Waals surface area contributed by atoms with Gasteiger partial charge in [-0.15, -0.1) is 0 Å². The lowest BCUT2D eigenvalue weighted by molar-refractivity contribution is 0.555. The van der Waals surface area contributed by atoms with Gasteiger partial charge in [-0.05, 0) is 46.7 Å². The molecule has 0 aliphatic rings. The van der Waals surface area contributed by atoms with E-state index >= 15 is 0 Å². The van der Waals surface area contributed by atoms with Gasteiger partial charge >= 0.3 is 0 Å². The van der Waals surface area contributed by atoms with E-state index in [0.717, 1.165) is 20.6 Å². The van der Waals surface area contributed by atoms with Crippen LogP contribution in [0.25, 0.3) is 0 Å². The van der Waals surface area contributed by atoms with E-state index in [9.17, 15) is 0 Å². The normalized spacial score (nSPS) is 12.7. The maximum absolute atomic E-state index is 6.17. The Hall–Kier alpha value is 0.200. The van der Waals surface area contributed by atoms with Crippen molar-refractivity contribution in [1.82, 2.24) is 0 Å². The van der Waals surface area contributed by atoms with Gasteiger partial charge in [0.05, 0.1) is 5.02 Å². The first kappa shape index (κ1) is 15.3. The van der Waals surface area contributed by atoms with Gasteiger partial charge in [0, 0.05) is 9.61 Å². The maximum Gasteiger partial charge on any atom is 0.0542 e. The van der Waals surface area contributed by atoms with Crippen molar-refractivity contribution in [3.8, 4) is 0 Å². The van der Waals surface area contributed by atoms with Crippen LogP contribution in [0.3, 0.4) is 0 Å². The van der Waals surface area contributed by atoms with Crippen LogP contribution in [-0.4, -0.2) is 0 Å². The Morgan fingerprint density at radius 3 is 2.59 bits per heavy atom. The Bertz CT molecular complexity index is 341. The van der Waals surface area contributed by atoms with Crippen LogP contribution in [0.1, 0.15) is 57.1 Å². The fraction of sp³-hybridized carbons (Fsp3) is 0.571. The Kier molecular flexibility index (Phi) is 7.47. The first-order chi connectivity index (χ1) is 8.15. The fourth-order valence-corrected chi connectivity index (χ4v) is 2.40. The highest BCUT2D eigenvalue weighted by Gasteiger charge is 2.07. The second-order valence-corrected chi connectivity index (χ2v) is 6.05. The first-order valence-electron chi connectivity index (χ1n) is 6.35. The summed E-state index contributed by atoms with van der Waals surface area (Å²) >= 11 is 8.33. The molecule has 0 bridgehead atoms. The summed E-state index contributed by atoms with van der Waals surface area (Å²) in [6.45, 7) is 2.24. The van der Waals surface area contributed by atoms with Crippen LogP contribution in [-0.2, 0) is 0 Å². The molecule has 1 nitrogen and oxygen atoms in total. The number of benzene rings is 1. The highest BCUT2D eigenvalue weighted by Crippen LogP contribution is 2.24. The Labute approximate surface area is 123 Å². The molecular weight excluding hydrogens is 345 g/mol. The van der Waals surface area contributed by atoms with E-state index in [0.29, 0.717) is 0 Å². The average Bonchev–Trinajstić information content (AvgIpc) is 2.32. The number of hydrogen-bond acceptors (Lipinski definition) is 1. The molecule has 1 rings (SSSR count). The molecule has 0 aliphatic carbocycles. The lowest BCUT2D eigenvalue weighted by Crippen LogP contribution is -2.10. The predicted octanol–water partition coefficient (Wildman–Crippen LogP) is 5.30. The number of halogens is 2. The summed E-state index contributed by atoms with van der Waals surface area (Å²) in [6.07, 6.45) is 7.52. The van der Waals surface area contributed by atoms with E-state index in [1.807, 2.05) is 12.1 Å². The molecule has 17 heavy (non-hydrogen) atoms. The lowest BCUT2D eigenvalue weighted by atomic mass is 10.0. The van der Waals surface area contributed by atoms with Crippen LogP contribution < -0.4 is 5.73 Å². The molecule has 0 radical (unpaired) electrons. The van der Waals surface area contributed by atoms with Gasteiger partial charge in [0.2, 0.25) is 0 Å². The maximum atomic E-state index is 6.17. The molecule has 3 heteroatoms. The van der Waals surface area contributed by atoms with Crippen molar-refractivity contribution >= 4 is 34.2 Å². The molecule has 1 unspecified atom stereocenters. The van der Waals surface area contributed by atoms with Crippen molar-refractivity contribution in [2.45, 2.75) is 51.5 Å². The van der Waals surface area contributed by atoms with Crippen molar-refractivity contribution < 1.29 is 0 Å². The molecule has 0 saturated carbocycles. The van der Waals surface area contributed by atoms with Crippen LogP contribution in [0.5, 0.6) is 0 Å². The molecule has 0 heterocycles. The first-order valence-corrected chi connectivity index (χ1v) is 7.81. The monoisotopic (exact) mass is 365 g/mol.